The van der Waals surface area contributed by atoms with Gasteiger partial charge in [-0.05, 0) is 87.6 Å². The van der Waals surface area contributed by atoms with Crippen LogP contribution in [0.5, 0.6) is 0 Å². The zero-order valence-corrected chi connectivity index (χ0v) is 24.1. The number of anilines is 2. The zero-order valence-electron chi connectivity index (χ0n) is 19.0. The molecule has 5 nitrogen and oxygen atoms in total. The molecule has 0 aliphatic heterocycles. The van der Waals surface area contributed by atoms with E-state index in [1.165, 1.54) is 87.8 Å². The number of carbonyl (C=O) groups is 2. The molecule has 0 saturated carbocycles. The molecule has 3 rings (SSSR count). The van der Waals surface area contributed by atoms with E-state index in [4.69, 9.17) is 11.6 Å². The average molecular weight is 822 g/mol. The molecule has 2 aromatic carbocycles. The zero-order chi connectivity index (χ0) is 30.3. The van der Waals surface area contributed by atoms with Crippen LogP contribution in [-0.4, -0.2) is 35.1 Å². The third-order valence-electron chi connectivity index (χ3n) is 5.24. The predicted octanol–water partition coefficient (Wildman–Crippen LogP) is 8.37. The Hall–Kier alpha value is -2.35. The van der Waals surface area contributed by atoms with E-state index in [1.54, 1.807) is 0 Å². The molecule has 0 saturated heterocycles. The van der Waals surface area contributed by atoms with E-state index in [2.05, 4.69) is 15.6 Å². The van der Waals surface area contributed by atoms with Gasteiger partial charge in [0.15, 0.2) is 0 Å². The number of benzene rings is 2. The van der Waals surface area contributed by atoms with Gasteiger partial charge in [0.25, 0.3) is 11.8 Å². The Balaban J connectivity index is 1.92. The number of nitrogens with zero attached hydrogens (tertiary/aromatic N) is 1. The summed E-state index contributed by atoms with van der Waals surface area (Å²) in [6, 6.07) is 8.42. The number of hydrogen-bond acceptors (Lipinski definition) is 3. The minimum Gasteiger partial charge on any atom is -0.322 e. The summed E-state index contributed by atoms with van der Waals surface area (Å²) < 4.78 is 120. The van der Waals surface area contributed by atoms with E-state index in [0.717, 1.165) is 0 Å². The maximum Gasteiger partial charge on any atom is 0.457 e. The Bertz CT molecular complexity index is 1440. The number of halogens is 12. The van der Waals surface area contributed by atoms with Crippen LogP contribution in [0.15, 0.2) is 54.7 Å². The van der Waals surface area contributed by atoms with Crippen molar-refractivity contribution in [3.8, 4) is 0 Å². The maximum atomic E-state index is 14.9. The number of rotatable bonds is 6. The van der Waals surface area contributed by atoms with Gasteiger partial charge in [-0.2, -0.15) is 35.1 Å². The van der Waals surface area contributed by atoms with Crippen LogP contribution in [-0.2, 0) is 5.67 Å². The van der Waals surface area contributed by atoms with E-state index in [9.17, 15) is 49.1 Å². The summed E-state index contributed by atoms with van der Waals surface area (Å²) in [6.07, 6.45) is -12.2. The molecule has 2 amide bonds. The van der Waals surface area contributed by atoms with Gasteiger partial charge in [0, 0.05) is 30.2 Å². The first-order valence-electron chi connectivity index (χ1n) is 10.3. The third-order valence-corrected chi connectivity index (χ3v) is 7.25. The molecule has 2 N–H and O–H groups in total. The van der Waals surface area contributed by atoms with Crippen LogP contribution in [0, 0.1) is 7.14 Å². The van der Waals surface area contributed by atoms with Gasteiger partial charge < -0.3 is 10.6 Å². The molecular formula is C23H11ClF9I2N3O2. The minimum absolute atomic E-state index is 0.0297. The average Bonchev–Trinajstić information content (AvgIpc) is 2.84. The summed E-state index contributed by atoms with van der Waals surface area (Å²) in [5, 5.41) is 4.69. The molecule has 0 spiro atoms. The number of nitrogens with one attached hydrogen (secondary N) is 2. The van der Waals surface area contributed by atoms with E-state index in [-0.39, 0.29) is 39.8 Å². The van der Waals surface area contributed by atoms with Crippen LogP contribution in [0.4, 0.5) is 50.9 Å². The summed E-state index contributed by atoms with van der Waals surface area (Å²) in [4.78, 5) is 29.0. The van der Waals surface area contributed by atoms with E-state index < -0.39 is 48.5 Å². The smallest absolute Gasteiger partial charge is 0.322 e. The maximum absolute atomic E-state index is 14.9. The van der Waals surface area contributed by atoms with Crippen molar-refractivity contribution in [1.29, 1.82) is 0 Å². The van der Waals surface area contributed by atoms with Gasteiger partial charge in [0.05, 0.1) is 11.3 Å². The largest absolute Gasteiger partial charge is 0.457 e. The van der Waals surface area contributed by atoms with Crippen LogP contribution < -0.4 is 10.6 Å². The fourth-order valence-corrected chi connectivity index (χ4v) is 5.53. The molecule has 0 fully saturated rings. The Morgan fingerprint density at radius 1 is 0.775 bits per heavy atom. The SMILES string of the molecule is O=C(Nc1c(I)cc(C(F)(C(F)(F)F)C(F)(F)C(F)(F)F)cc1I)c1cccc(NC(=O)c2cccnc2Cl)c1. The first kappa shape index (κ1) is 32.2. The summed E-state index contributed by atoms with van der Waals surface area (Å²) in [7, 11) is 0. The molecule has 0 bridgehead atoms. The Kier molecular flexibility index (Phi) is 9.25. The van der Waals surface area contributed by atoms with Crippen LogP contribution in [0.25, 0.3) is 0 Å². The standard InChI is InChI=1S/C23H11ClF9I2N3O2/c24-17-13(5-2-6-36-17)19(40)37-12-4-1-3-10(7-12)18(39)38-16-14(34)8-11(9-15(16)35)20(25,22(28,29)30)21(26,27)23(31,32)33/h1-9H,(H,37,40)(H,38,39). The second-order valence-electron chi connectivity index (χ2n) is 7.87. The van der Waals surface area contributed by atoms with Gasteiger partial charge in [-0.25, -0.2) is 9.37 Å². The number of amides is 2. The van der Waals surface area contributed by atoms with Crippen molar-refractivity contribution in [2.75, 3.05) is 10.6 Å². The van der Waals surface area contributed by atoms with E-state index in [0.29, 0.717) is 0 Å². The monoisotopic (exact) mass is 821 g/mol. The van der Waals surface area contributed by atoms with Crippen molar-refractivity contribution in [2.45, 2.75) is 23.9 Å². The topological polar surface area (TPSA) is 71.1 Å². The molecule has 1 aromatic heterocycles. The van der Waals surface area contributed by atoms with Gasteiger partial charge in [0.2, 0.25) is 0 Å². The lowest BCUT2D eigenvalue weighted by Gasteiger charge is -2.36. The second kappa shape index (κ2) is 11.5. The molecule has 0 aliphatic rings. The number of hydrogen-bond donors (Lipinski definition) is 2. The van der Waals surface area contributed by atoms with E-state index >= 15 is 0 Å². The molecule has 0 radical (unpaired) electrons. The highest BCUT2D eigenvalue weighted by Gasteiger charge is 2.81. The fraction of sp³-hybridized carbons (Fsp3) is 0.174. The van der Waals surface area contributed by atoms with Gasteiger partial charge in [-0.1, -0.05) is 17.7 Å². The molecule has 214 valence electrons. The lowest BCUT2D eigenvalue weighted by Crippen LogP contribution is -2.59. The molecule has 0 aliphatic carbocycles. The van der Waals surface area contributed by atoms with Gasteiger partial charge >= 0.3 is 23.9 Å². The summed E-state index contributed by atoms with van der Waals surface area (Å²) >= 11 is 8.40. The summed E-state index contributed by atoms with van der Waals surface area (Å²) in [6.45, 7) is 0. The molecule has 1 heterocycles. The molecule has 1 unspecified atom stereocenters. The van der Waals surface area contributed by atoms with Crippen molar-refractivity contribution in [2.24, 2.45) is 0 Å². The lowest BCUT2D eigenvalue weighted by atomic mass is 9.87. The molecule has 17 heteroatoms. The molecular weight excluding hydrogens is 811 g/mol. The Morgan fingerprint density at radius 3 is 1.90 bits per heavy atom. The lowest BCUT2D eigenvalue weighted by molar-refractivity contribution is -0.389. The number of carbonyl (C=O) groups excluding carboxylic acids is 2. The Morgan fingerprint density at radius 2 is 1.38 bits per heavy atom. The van der Waals surface area contributed by atoms with Crippen molar-refractivity contribution < 1.29 is 49.1 Å². The summed E-state index contributed by atoms with van der Waals surface area (Å²) in [5.74, 6) is -8.40. The normalized spacial score (nSPS) is 13.9. The predicted molar refractivity (Wildman–Crippen MR) is 143 cm³/mol. The van der Waals surface area contributed by atoms with Crippen molar-refractivity contribution >= 4 is 80.0 Å². The van der Waals surface area contributed by atoms with Crippen molar-refractivity contribution in [1.82, 2.24) is 4.98 Å². The first-order chi connectivity index (χ1) is 18.3. The highest BCUT2D eigenvalue weighted by atomic mass is 127. The van der Waals surface area contributed by atoms with Gasteiger partial charge in [0.1, 0.15) is 5.15 Å². The first-order valence-corrected chi connectivity index (χ1v) is 12.9. The van der Waals surface area contributed by atoms with Gasteiger partial charge in [-0.3, -0.25) is 9.59 Å². The highest BCUT2D eigenvalue weighted by molar-refractivity contribution is 14.1. The van der Waals surface area contributed by atoms with E-state index in [1.807, 2.05) is 0 Å². The van der Waals surface area contributed by atoms with Gasteiger partial charge in [-0.15, -0.1) is 0 Å². The number of aromatic nitrogens is 1. The second-order valence-corrected chi connectivity index (χ2v) is 10.6. The highest BCUT2D eigenvalue weighted by Crippen LogP contribution is 2.58. The number of pyridine rings is 1. The minimum atomic E-state index is -6.87. The van der Waals surface area contributed by atoms with Crippen molar-refractivity contribution in [3.63, 3.8) is 0 Å². The Labute approximate surface area is 251 Å². The molecule has 3 aromatic rings. The molecule has 1 atom stereocenters. The fourth-order valence-electron chi connectivity index (χ4n) is 3.29. The van der Waals surface area contributed by atoms with Crippen LogP contribution in [0.3, 0.4) is 0 Å². The third kappa shape index (κ3) is 6.12. The number of alkyl halides is 9. The van der Waals surface area contributed by atoms with Crippen molar-refractivity contribution in [3.05, 3.63) is 83.7 Å². The van der Waals surface area contributed by atoms with Crippen LogP contribution in [0.1, 0.15) is 26.3 Å². The summed E-state index contributed by atoms with van der Waals surface area (Å²) in [5.41, 5.74) is -8.35. The van der Waals surface area contributed by atoms with Crippen LogP contribution in [0.2, 0.25) is 5.15 Å². The molecule has 40 heavy (non-hydrogen) atoms. The van der Waals surface area contributed by atoms with Crippen LogP contribution >= 0.6 is 56.8 Å². The quantitative estimate of drug-likeness (QED) is 0.149.